The molecule has 1 fully saturated rings. The van der Waals surface area contributed by atoms with Crippen molar-refractivity contribution in [2.24, 2.45) is 0 Å². The van der Waals surface area contributed by atoms with Crippen LogP contribution < -0.4 is 0 Å². The minimum absolute atomic E-state index is 0.163. The van der Waals surface area contributed by atoms with Crippen LogP contribution in [0.1, 0.15) is 38.3 Å². The van der Waals surface area contributed by atoms with Gasteiger partial charge in [0.25, 0.3) is 0 Å². The maximum Gasteiger partial charge on any atom is 0.416 e. The van der Waals surface area contributed by atoms with Gasteiger partial charge in [-0.1, -0.05) is 29.8 Å². The molecule has 2 atom stereocenters. The van der Waals surface area contributed by atoms with Crippen LogP contribution in [0.25, 0.3) is 0 Å². The average molecular weight is 383 g/mol. The number of amides is 1. The number of rotatable bonds is 2. The summed E-state index contributed by atoms with van der Waals surface area (Å²) < 4.78 is 49.8. The quantitative estimate of drug-likeness (QED) is 0.702. The van der Waals surface area contributed by atoms with Crippen molar-refractivity contribution in [3.63, 3.8) is 0 Å². The summed E-state index contributed by atoms with van der Waals surface area (Å²) in [6, 6.07) is 4.97. The maximum atomic E-state index is 12.9. The predicted molar refractivity (Wildman–Crippen MR) is 94.3 cm³/mol. The molecule has 0 saturated carbocycles. The third-order valence-electron chi connectivity index (χ3n) is 4.57. The molecule has 2 unspecified atom stereocenters. The topological polar surface area (TPSA) is 38.8 Å². The van der Waals surface area contributed by atoms with Gasteiger partial charge in [-0.3, -0.25) is 4.90 Å². The number of halogens is 3. The molecule has 2 heterocycles. The Kier molecular flexibility index (Phi) is 5.25. The van der Waals surface area contributed by atoms with Gasteiger partial charge in [0.15, 0.2) is 0 Å². The summed E-state index contributed by atoms with van der Waals surface area (Å²) in [5, 5.41) is 0. The van der Waals surface area contributed by atoms with Crippen LogP contribution in [0.15, 0.2) is 35.9 Å². The molecule has 148 valence electrons. The van der Waals surface area contributed by atoms with Gasteiger partial charge in [0, 0.05) is 0 Å². The van der Waals surface area contributed by atoms with E-state index >= 15 is 0 Å². The first-order valence-corrected chi connectivity index (χ1v) is 8.98. The Bertz CT molecular complexity index is 737. The number of fused-ring (bicyclic) bond motifs is 2. The summed E-state index contributed by atoms with van der Waals surface area (Å²) in [7, 11) is 0. The van der Waals surface area contributed by atoms with Gasteiger partial charge in [-0.05, 0) is 45.2 Å². The van der Waals surface area contributed by atoms with Gasteiger partial charge in [-0.2, -0.15) is 13.2 Å². The number of nitrogens with zero attached hydrogens (tertiary/aromatic N) is 1. The molecule has 0 radical (unpaired) electrons. The first kappa shape index (κ1) is 19.7. The van der Waals surface area contributed by atoms with Crippen molar-refractivity contribution in [3.05, 3.63) is 47.0 Å². The highest BCUT2D eigenvalue weighted by molar-refractivity contribution is 5.70. The Morgan fingerprint density at radius 3 is 2.63 bits per heavy atom. The molecular weight excluding hydrogens is 359 g/mol. The minimum Gasteiger partial charge on any atom is -0.444 e. The lowest BCUT2D eigenvalue weighted by Gasteiger charge is -2.44. The highest BCUT2D eigenvalue weighted by Crippen LogP contribution is 2.33. The van der Waals surface area contributed by atoms with E-state index in [-0.39, 0.29) is 18.2 Å². The van der Waals surface area contributed by atoms with Gasteiger partial charge in [-0.25, -0.2) is 4.79 Å². The molecule has 1 amide bonds. The van der Waals surface area contributed by atoms with E-state index in [2.05, 4.69) is 0 Å². The van der Waals surface area contributed by atoms with Crippen LogP contribution in [0.4, 0.5) is 18.0 Å². The van der Waals surface area contributed by atoms with Crippen molar-refractivity contribution in [2.45, 2.75) is 57.5 Å². The number of hydrogen-bond acceptors (Lipinski definition) is 3. The number of ether oxygens (including phenoxy) is 2. The number of carbonyl (C=O) groups excluding carboxylic acids is 1. The van der Waals surface area contributed by atoms with Crippen LogP contribution in [0.5, 0.6) is 0 Å². The van der Waals surface area contributed by atoms with E-state index in [1.807, 2.05) is 26.8 Å². The molecular formula is C20H24F3NO3. The number of hydrogen-bond donors (Lipinski definition) is 0. The molecule has 3 rings (SSSR count). The van der Waals surface area contributed by atoms with Gasteiger partial charge >= 0.3 is 12.3 Å². The third-order valence-corrected chi connectivity index (χ3v) is 4.57. The highest BCUT2D eigenvalue weighted by atomic mass is 19.4. The first-order valence-electron chi connectivity index (χ1n) is 8.98. The van der Waals surface area contributed by atoms with Crippen LogP contribution in [0.3, 0.4) is 0 Å². The fourth-order valence-corrected chi connectivity index (χ4v) is 3.53. The van der Waals surface area contributed by atoms with Crippen LogP contribution >= 0.6 is 0 Å². The van der Waals surface area contributed by atoms with Gasteiger partial charge in [0.1, 0.15) is 5.60 Å². The van der Waals surface area contributed by atoms with E-state index < -0.39 is 17.3 Å². The standard InChI is InChI=1S/C20H24F3NO3/c1-19(2,3)27-18(25)24-16-9-14(10-17(24)12-26-11-16)7-13-5-4-6-15(8-13)20(21,22)23/h4-6,8-9,16-17H,7,10-12H2,1-3H3. The predicted octanol–water partition coefficient (Wildman–Crippen LogP) is 4.58. The van der Waals surface area contributed by atoms with E-state index in [4.69, 9.17) is 9.47 Å². The normalized spacial score (nSPS) is 23.0. The van der Waals surface area contributed by atoms with Crippen LogP contribution in [0, 0.1) is 0 Å². The fourth-order valence-electron chi connectivity index (χ4n) is 3.53. The van der Waals surface area contributed by atoms with Crippen molar-refractivity contribution in [3.8, 4) is 0 Å². The van der Waals surface area contributed by atoms with Crippen molar-refractivity contribution >= 4 is 6.09 Å². The molecule has 0 aromatic heterocycles. The van der Waals surface area contributed by atoms with E-state index in [1.54, 1.807) is 11.0 Å². The maximum absolute atomic E-state index is 12.9. The monoisotopic (exact) mass is 383 g/mol. The van der Waals surface area contributed by atoms with Crippen LogP contribution in [-0.2, 0) is 22.1 Å². The van der Waals surface area contributed by atoms with Crippen LogP contribution in [-0.4, -0.2) is 41.9 Å². The summed E-state index contributed by atoms with van der Waals surface area (Å²) in [5.74, 6) is 0. The van der Waals surface area contributed by atoms with E-state index in [0.29, 0.717) is 31.6 Å². The Morgan fingerprint density at radius 2 is 2.00 bits per heavy atom. The van der Waals surface area contributed by atoms with Gasteiger partial charge in [-0.15, -0.1) is 0 Å². The number of alkyl halides is 3. The van der Waals surface area contributed by atoms with E-state index in [9.17, 15) is 18.0 Å². The summed E-state index contributed by atoms with van der Waals surface area (Å²) in [6.07, 6.45) is -1.81. The SMILES string of the molecule is CC(C)(C)OC(=O)N1C2C=C(Cc3cccc(C(F)(F)F)c3)CC1COC2. The van der Waals surface area contributed by atoms with Crippen molar-refractivity contribution in [1.29, 1.82) is 0 Å². The third kappa shape index (κ3) is 4.83. The molecule has 7 heteroatoms. The molecule has 2 bridgehead atoms. The lowest BCUT2D eigenvalue weighted by Crippen LogP contribution is -2.57. The second-order valence-corrected chi connectivity index (χ2v) is 8.05. The zero-order valence-corrected chi connectivity index (χ0v) is 15.7. The molecule has 1 aromatic carbocycles. The molecule has 4 nitrogen and oxygen atoms in total. The lowest BCUT2D eigenvalue weighted by molar-refractivity contribution is -0.137. The first-order chi connectivity index (χ1) is 12.5. The highest BCUT2D eigenvalue weighted by Gasteiger charge is 2.40. The van der Waals surface area contributed by atoms with E-state index in [1.165, 1.54) is 12.1 Å². The largest absolute Gasteiger partial charge is 0.444 e. The average Bonchev–Trinajstić information content (AvgIpc) is 2.51. The molecule has 0 aliphatic carbocycles. The molecule has 2 aliphatic rings. The summed E-state index contributed by atoms with van der Waals surface area (Å²) in [5.41, 5.74) is 0.400. The van der Waals surface area contributed by atoms with Crippen molar-refractivity contribution < 1.29 is 27.4 Å². The smallest absolute Gasteiger partial charge is 0.416 e. The number of carbonyl (C=O) groups is 1. The Hall–Kier alpha value is -2.02. The zero-order chi connectivity index (χ0) is 19.8. The summed E-state index contributed by atoms with van der Waals surface area (Å²) in [6.45, 7) is 6.21. The van der Waals surface area contributed by atoms with Crippen LogP contribution in [0.2, 0.25) is 0 Å². The van der Waals surface area contributed by atoms with Gasteiger partial charge in [0.2, 0.25) is 0 Å². The molecule has 27 heavy (non-hydrogen) atoms. The zero-order valence-electron chi connectivity index (χ0n) is 15.7. The molecule has 0 N–H and O–H groups in total. The van der Waals surface area contributed by atoms with Gasteiger partial charge in [0.05, 0.1) is 30.9 Å². The van der Waals surface area contributed by atoms with Crippen molar-refractivity contribution in [1.82, 2.24) is 4.90 Å². The van der Waals surface area contributed by atoms with E-state index in [0.717, 1.165) is 11.6 Å². The second kappa shape index (κ2) is 7.19. The molecule has 0 spiro atoms. The fraction of sp³-hybridized carbons (Fsp3) is 0.550. The van der Waals surface area contributed by atoms with Gasteiger partial charge < -0.3 is 9.47 Å². The second-order valence-electron chi connectivity index (χ2n) is 8.05. The Morgan fingerprint density at radius 1 is 1.26 bits per heavy atom. The molecule has 2 aliphatic heterocycles. The number of morpholine rings is 1. The molecule has 1 aromatic rings. The summed E-state index contributed by atoms with van der Waals surface area (Å²) >= 11 is 0. The number of benzene rings is 1. The van der Waals surface area contributed by atoms with Crippen molar-refractivity contribution in [2.75, 3.05) is 13.2 Å². The summed E-state index contributed by atoms with van der Waals surface area (Å²) in [4.78, 5) is 14.2. The lowest BCUT2D eigenvalue weighted by atomic mass is 9.90. The Balaban J connectivity index is 1.77. The Labute approximate surface area is 156 Å². The minimum atomic E-state index is -4.35. The molecule has 1 saturated heterocycles.